The first-order valence-corrected chi connectivity index (χ1v) is 9.23. The van der Waals surface area contributed by atoms with Crippen LogP contribution in [0.5, 0.6) is 0 Å². The van der Waals surface area contributed by atoms with Crippen LogP contribution in [0.3, 0.4) is 0 Å². The van der Waals surface area contributed by atoms with Gasteiger partial charge < -0.3 is 9.80 Å². The lowest BCUT2D eigenvalue weighted by atomic mass is 10.0. The highest BCUT2D eigenvalue weighted by molar-refractivity contribution is 6.05. The van der Waals surface area contributed by atoms with Crippen molar-refractivity contribution in [2.45, 2.75) is 32.0 Å². The smallest absolute Gasteiger partial charge is 0.255 e. The van der Waals surface area contributed by atoms with E-state index in [1.807, 2.05) is 18.2 Å². The number of rotatable bonds is 4. The fourth-order valence-corrected chi connectivity index (χ4v) is 4.01. The van der Waals surface area contributed by atoms with Gasteiger partial charge in [0.15, 0.2) is 0 Å². The number of nitrogens with zero attached hydrogens (tertiary/aromatic N) is 3. The molecule has 0 saturated carbocycles. The van der Waals surface area contributed by atoms with Crippen LogP contribution < -0.4 is 5.32 Å². The Morgan fingerprint density at radius 2 is 1.89 bits per heavy atom. The Morgan fingerprint density at radius 3 is 2.59 bits per heavy atom. The van der Waals surface area contributed by atoms with Crippen LogP contribution in [0.2, 0.25) is 0 Å². The largest absolute Gasteiger partial charge is 0.343 e. The summed E-state index contributed by atoms with van der Waals surface area (Å²) < 4.78 is 0. The standard InChI is InChI=1S/C19H22N4O4/c24-12-22-7-5-21(6-8-22)10-13-1-2-15-14(9-13)11-23(19(15)27)16-3-4-17(25)20-18(16)26/h1-2,9,12,16H,3-8,10-11H2,(H,20,25,26). The minimum absolute atomic E-state index is 0.148. The number of nitrogens with one attached hydrogen (secondary N) is 1. The number of fused-ring (bicyclic) bond motifs is 1. The van der Waals surface area contributed by atoms with E-state index < -0.39 is 6.04 Å². The highest BCUT2D eigenvalue weighted by Gasteiger charge is 2.39. The summed E-state index contributed by atoms with van der Waals surface area (Å²) in [6.07, 6.45) is 1.52. The molecule has 3 heterocycles. The van der Waals surface area contributed by atoms with Gasteiger partial charge in [0, 0.05) is 51.3 Å². The molecule has 1 aromatic carbocycles. The molecule has 1 N–H and O–H groups in total. The first-order chi connectivity index (χ1) is 13.0. The third kappa shape index (κ3) is 3.44. The van der Waals surface area contributed by atoms with Crippen LogP contribution in [0, 0.1) is 0 Å². The number of imide groups is 1. The van der Waals surface area contributed by atoms with E-state index in [1.54, 1.807) is 9.80 Å². The van der Waals surface area contributed by atoms with Crippen molar-refractivity contribution in [3.63, 3.8) is 0 Å². The molecular formula is C19H22N4O4. The monoisotopic (exact) mass is 370 g/mol. The van der Waals surface area contributed by atoms with Gasteiger partial charge in [0.1, 0.15) is 6.04 Å². The first kappa shape index (κ1) is 17.7. The van der Waals surface area contributed by atoms with Gasteiger partial charge >= 0.3 is 0 Å². The lowest BCUT2D eigenvalue weighted by Gasteiger charge is -2.32. The number of benzene rings is 1. The Bertz CT molecular complexity index is 801. The fourth-order valence-electron chi connectivity index (χ4n) is 4.01. The number of piperazine rings is 1. The molecule has 142 valence electrons. The zero-order chi connectivity index (χ0) is 19.0. The quantitative estimate of drug-likeness (QED) is 0.582. The maximum Gasteiger partial charge on any atom is 0.255 e. The van der Waals surface area contributed by atoms with Crippen molar-refractivity contribution < 1.29 is 19.2 Å². The molecule has 8 heteroatoms. The second kappa shape index (κ2) is 7.11. The molecule has 0 aliphatic carbocycles. The molecule has 0 aromatic heterocycles. The molecule has 1 unspecified atom stereocenters. The Balaban J connectivity index is 1.44. The normalized spacial score (nSPS) is 23.4. The maximum absolute atomic E-state index is 12.7. The van der Waals surface area contributed by atoms with Crippen LogP contribution >= 0.6 is 0 Å². The van der Waals surface area contributed by atoms with Gasteiger partial charge in [0.25, 0.3) is 5.91 Å². The van der Waals surface area contributed by atoms with Crippen molar-refractivity contribution in [2.75, 3.05) is 26.2 Å². The molecule has 27 heavy (non-hydrogen) atoms. The number of carbonyl (C=O) groups excluding carboxylic acids is 4. The average molecular weight is 370 g/mol. The lowest BCUT2D eigenvalue weighted by molar-refractivity contribution is -0.137. The van der Waals surface area contributed by atoms with Gasteiger partial charge in [0.05, 0.1) is 0 Å². The molecule has 3 aliphatic heterocycles. The maximum atomic E-state index is 12.7. The molecule has 3 aliphatic rings. The summed E-state index contributed by atoms with van der Waals surface area (Å²) in [6.45, 7) is 4.29. The Kier molecular flexibility index (Phi) is 4.65. The Hall–Kier alpha value is -2.74. The molecule has 1 aromatic rings. The summed E-state index contributed by atoms with van der Waals surface area (Å²) in [5, 5.41) is 2.32. The van der Waals surface area contributed by atoms with Gasteiger partial charge in [-0.05, 0) is 23.6 Å². The van der Waals surface area contributed by atoms with E-state index in [2.05, 4.69) is 10.2 Å². The van der Waals surface area contributed by atoms with Gasteiger partial charge in [-0.2, -0.15) is 0 Å². The Labute approximate surface area is 157 Å². The summed E-state index contributed by atoms with van der Waals surface area (Å²) in [7, 11) is 0. The van der Waals surface area contributed by atoms with Crippen LogP contribution in [-0.4, -0.2) is 71.1 Å². The second-order valence-electron chi connectivity index (χ2n) is 7.31. The summed E-state index contributed by atoms with van der Waals surface area (Å²) in [4.78, 5) is 52.6. The minimum Gasteiger partial charge on any atom is -0.343 e. The molecule has 0 spiro atoms. The van der Waals surface area contributed by atoms with Gasteiger partial charge in [-0.15, -0.1) is 0 Å². The number of hydrogen-bond donors (Lipinski definition) is 1. The van der Waals surface area contributed by atoms with E-state index in [-0.39, 0.29) is 24.1 Å². The predicted octanol–water partition coefficient (Wildman–Crippen LogP) is -0.278. The van der Waals surface area contributed by atoms with E-state index in [9.17, 15) is 19.2 Å². The zero-order valence-corrected chi connectivity index (χ0v) is 15.0. The van der Waals surface area contributed by atoms with E-state index >= 15 is 0 Å². The summed E-state index contributed by atoms with van der Waals surface area (Å²) in [5.74, 6) is -0.816. The summed E-state index contributed by atoms with van der Waals surface area (Å²) >= 11 is 0. The van der Waals surface area contributed by atoms with E-state index in [4.69, 9.17) is 0 Å². The van der Waals surface area contributed by atoms with Gasteiger partial charge in [-0.3, -0.25) is 29.4 Å². The molecule has 1 atom stereocenters. The first-order valence-electron chi connectivity index (χ1n) is 9.23. The van der Waals surface area contributed by atoms with Crippen molar-refractivity contribution in [1.82, 2.24) is 20.0 Å². The van der Waals surface area contributed by atoms with Crippen molar-refractivity contribution >= 4 is 24.1 Å². The van der Waals surface area contributed by atoms with Crippen LogP contribution in [0.25, 0.3) is 0 Å². The molecule has 4 amide bonds. The summed E-state index contributed by atoms with van der Waals surface area (Å²) in [6, 6.07) is 5.24. The van der Waals surface area contributed by atoms with Gasteiger partial charge in [0.2, 0.25) is 18.2 Å². The van der Waals surface area contributed by atoms with Crippen molar-refractivity contribution in [1.29, 1.82) is 0 Å². The molecule has 4 rings (SSSR count). The van der Waals surface area contributed by atoms with Crippen molar-refractivity contribution in [3.8, 4) is 0 Å². The SMILES string of the molecule is O=CN1CCN(Cc2ccc3c(c2)CN(C2CCC(=O)NC2=O)C3=O)CC1. The third-order valence-electron chi connectivity index (χ3n) is 5.55. The predicted molar refractivity (Wildman–Crippen MR) is 95.4 cm³/mol. The van der Waals surface area contributed by atoms with Crippen LogP contribution in [-0.2, 0) is 27.5 Å². The number of amides is 4. The zero-order valence-electron chi connectivity index (χ0n) is 15.0. The molecule has 2 saturated heterocycles. The second-order valence-corrected chi connectivity index (χ2v) is 7.31. The Morgan fingerprint density at radius 1 is 1.11 bits per heavy atom. The van der Waals surface area contributed by atoms with E-state index in [0.717, 1.165) is 50.3 Å². The lowest BCUT2D eigenvalue weighted by Crippen LogP contribution is -2.52. The molecule has 2 fully saturated rings. The molecule has 0 bridgehead atoms. The topological polar surface area (TPSA) is 90.0 Å². The number of carbonyl (C=O) groups is 4. The van der Waals surface area contributed by atoms with Crippen LogP contribution in [0.1, 0.15) is 34.3 Å². The highest BCUT2D eigenvalue weighted by atomic mass is 16.2. The number of hydrogen-bond acceptors (Lipinski definition) is 5. The van der Waals surface area contributed by atoms with E-state index in [1.165, 1.54) is 0 Å². The number of piperidine rings is 1. The summed E-state index contributed by atoms with van der Waals surface area (Å²) in [5.41, 5.74) is 2.68. The van der Waals surface area contributed by atoms with Crippen molar-refractivity contribution in [2.24, 2.45) is 0 Å². The highest BCUT2D eigenvalue weighted by Crippen LogP contribution is 2.28. The van der Waals surface area contributed by atoms with E-state index in [0.29, 0.717) is 18.5 Å². The van der Waals surface area contributed by atoms with Gasteiger partial charge in [-0.25, -0.2) is 0 Å². The van der Waals surface area contributed by atoms with Crippen molar-refractivity contribution in [3.05, 3.63) is 34.9 Å². The molecular weight excluding hydrogens is 348 g/mol. The fraction of sp³-hybridized carbons (Fsp3) is 0.474. The molecule has 8 nitrogen and oxygen atoms in total. The van der Waals surface area contributed by atoms with Crippen LogP contribution in [0.4, 0.5) is 0 Å². The third-order valence-corrected chi connectivity index (χ3v) is 5.55. The molecule has 0 radical (unpaired) electrons. The minimum atomic E-state index is -0.581. The van der Waals surface area contributed by atoms with Crippen LogP contribution in [0.15, 0.2) is 18.2 Å². The van der Waals surface area contributed by atoms with Gasteiger partial charge in [-0.1, -0.05) is 12.1 Å². The average Bonchev–Trinajstić information content (AvgIpc) is 2.98.